The summed E-state index contributed by atoms with van der Waals surface area (Å²) in [6.45, 7) is 0. The summed E-state index contributed by atoms with van der Waals surface area (Å²) in [6, 6.07) is 4.07. The highest BCUT2D eigenvalue weighted by Gasteiger charge is 2.58. The summed E-state index contributed by atoms with van der Waals surface area (Å²) in [7, 11) is -4.34. The van der Waals surface area contributed by atoms with Crippen molar-refractivity contribution in [2.45, 2.75) is 16.4 Å². The highest BCUT2D eigenvalue weighted by atomic mass is 32.3. The number of hydrogen-bond donors (Lipinski definition) is 0. The maximum Gasteiger partial charge on any atom is 0.324 e. The zero-order valence-corrected chi connectivity index (χ0v) is 17.2. The molecule has 10 nitrogen and oxygen atoms in total. The van der Waals surface area contributed by atoms with Crippen molar-refractivity contribution < 1.29 is 45.4 Å². The molecule has 0 spiro atoms. The second kappa shape index (κ2) is 7.95. The Morgan fingerprint density at radius 1 is 0.821 bits per heavy atom. The molecule has 1 aromatic carbocycles. The van der Waals surface area contributed by atoms with Crippen LogP contribution in [-0.4, -0.2) is 72.8 Å². The molecular weight excluding hydrogens is 416 g/mol. The molecule has 12 heteroatoms. The molecule has 1 heterocycles. The molecule has 1 aliphatic rings. The molecule has 0 radical (unpaired) electrons. The Morgan fingerprint density at radius 2 is 1.29 bits per heavy atom. The van der Waals surface area contributed by atoms with Gasteiger partial charge in [0.15, 0.2) is 46.8 Å². The zero-order valence-electron chi connectivity index (χ0n) is 15.6. The minimum atomic E-state index is -4.49. The van der Waals surface area contributed by atoms with Gasteiger partial charge in [0, 0.05) is 5.92 Å². The van der Waals surface area contributed by atoms with Crippen LogP contribution in [0.3, 0.4) is 0 Å². The molecule has 28 heavy (non-hydrogen) atoms. The molecular formula is C16H20O10S2. The predicted octanol–water partition coefficient (Wildman–Crippen LogP) is -0.329. The number of hydrogen-bond acceptors (Lipinski definition) is 10. The van der Waals surface area contributed by atoms with E-state index in [4.69, 9.17) is 9.47 Å². The van der Waals surface area contributed by atoms with Gasteiger partial charge in [-0.3, -0.25) is 9.59 Å². The van der Waals surface area contributed by atoms with E-state index in [1.807, 2.05) is 0 Å². The minimum Gasteiger partial charge on any atom is -0.493 e. The van der Waals surface area contributed by atoms with Gasteiger partial charge >= 0.3 is 11.9 Å². The summed E-state index contributed by atoms with van der Waals surface area (Å²) in [5.74, 6) is -3.50. The molecule has 0 amide bonds. The normalized spacial score (nSPS) is 25.4. The average molecular weight is 436 g/mol. The number of methoxy groups -OCH3 is 4. The van der Waals surface area contributed by atoms with Gasteiger partial charge in [0.1, 0.15) is 0 Å². The Bertz CT molecular complexity index is 929. The van der Waals surface area contributed by atoms with Crippen molar-refractivity contribution in [3.8, 4) is 11.5 Å². The number of esters is 2. The van der Waals surface area contributed by atoms with Crippen LogP contribution < -0.4 is 9.47 Å². The number of rotatable bonds is 5. The average Bonchev–Trinajstić information content (AvgIpc) is 2.64. The highest BCUT2D eigenvalue weighted by Crippen LogP contribution is 2.41. The number of benzene rings is 1. The van der Waals surface area contributed by atoms with Crippen LogP contribution in [0.2, 0.25) is 0 Å². The van der Waals surface area contributed by atoms with Gasteiger partial charge in [-0.2, -0.15) is 0 Å². The summed E-state index contributed by atoms with van der Waals surface area (Å²) < 4.78 is 70.0. The molecule has 3 atom stereocenters. The molecule has 1 aliphatic heterocycles. The molecule has 2 rings (SSSR count). The van der Waals surface area contributed by atoms with E-state index < -0.39 is 53.1 Å². The monoisotopic (exact) mass is 436 g/mol. The van der Waals surface area contributed by atoms with E-state index in [2.05, 4.69) is 9.47 Å². The molecule has 0 N–H and O–H groups in total. The zero-order chi connectivity index (χ0) is 21.3. The second-order valence-corrected chi connectivity index (χ2v) is 10.6. The van der Waals surface area contributed by atoms with Gasteiger partial charge in [-0.05, 0) is 17.7 Å². The second-order valence-electron chi connectivity index (χ2n) is 5.97. The first-order valence-corrected chi connectivity index (χ1v) is 11.3. The fraction of sp³-hybridized carbons (Fsp3) is 0.500. The molecule has 0 aromatic heterocycles. The Hall–Kier alpha value is -2.34. The molecule has 1 unspecified atom stereocenters. The summed E-state index contributed by atoms with van der Waals surface area (Å²) in [5, 5.41) is -5.20. The number of ether oxygens (including phenoxy) is 4. The largest absolute Gasteiger partial charge is 0.493 e. The number of carbonyl (C=O) groups excluding carboxylic acids is 2. The van der Waals surface area contributed by atoms with Gasteiger partial charge in [-0.25, -0.2) is 16.8 Å². The SMILES string of the molecule is COC(=O)[C@@H]1C(c2ccc(OC)c(OC)c2)[C@H](C(=O)OC)S(=O)(=O)CS1(=O)=O. The van der Waals surface area contributed by atoms with Gasteiger partial charge in [0.2, 0.25) is 0 Å². The van der Waals surface area contributed by atoms with Crippen LogP contribution in [0.5, 0.6) is 11.5 Å². The molecule has 1 fully saturated rings. The van der Waals surface area contributed by atoms with Crippen LogP contribution in [0, 0.1) is 0 Å². The van der Waals surface area contributed by atoms with Crippen molar-refractivity contribution >= 4 is 31.6 Å². The Balaban J connectivity index is 2.82. The third-order valence-electron chi connectivity index (χ3n) is 4.41. The van der Waals surface area contributed by atoms with E-state index in [0.717, 1.165) is 14.2 Å². The van der Waals surface area contributed by atoms with Crippen molar-refractivity contribution in [3.63, 3.8) is 0 Å². The van der Waals surface area contributed by atoms with Crippen LogP contribution in [0.25, 0.3) is 0 Å². The molecule has 156 valence electrons. The summed E-state index contributed by atoms with van der Waals surface area (Å²) in [4.78, 5) is 24.6. The molecule has 0 aliphatic carbocycles. The highest BCUT2D eigenvalue weighted by molar-refractivity contribution is 8.10. The lowest BCUT2D eigenvalue weighted by Gasteiger charge is -2.34. The maximum atomic E-state index is 12.6. The summed E-state index contributed by atoms with van der Waals surface area (Å²) >= 11 is 0. The van der Waals surface area contributed by atoms with E-state index >= 15 is 0 Å². The van der Waals surface area contributed by atoms with Crippen LogP contribution in [0.15, 0.2) is 18.2 Å². The molecule has 0 saturated carbocycles. The third-order valence-corrected chi connectivity index (χ3v) is 9.56. The van der Waals surface area contributed by atoms with Gasteiger partial charge < -0.3 is 18.9 Å². The van der Waals surface area contributed by atoms with Crippen LogP contribution >= 0.6 is 0 Å². The maximum absolute atomic E-state index is 12.6. The fourth-order valence-corrected chi connectivity index (χ4v) is 8.61. The standard InChI is InChI=1S/C16H20O10S2/c1-23-10-6-5-9(7-11(10)24-2)12-13(15(17)25-3)27(19,20)8-28(21,22)14(12)16(18)26-4/h5-7,12-14H,8H2,1-4H3/t12?,13-,14+. The number of carbonyl (C=O) groups is 2. The Labute approximate surface area is 162 Å². The first-order valence-electron chi connectivity index (χ1n) is 7.84. The topological polar surface area (TPSA) is 139 Å². The predicted molar refractivity (Wildman–Crippen MR) is 96.6 cm³/mol. The smallest absolute Gasteiger partial charge is 0.324 e. The number of sulfone groups is 2. The van der Waals surface area contributed by atoms with Crippen molar-refractivity contribution in [1.29, 1.82) is 0 Å². The minimum absolute atomic E-state index is 0.0651. The summed E-state index contributed by atoms with van der Waals surface area (Å²) in [6.07, 6.45) is 0. The lowest BCUT2D eigenvalue weighted by molar-refractivity contribution is -0.142. The van der Waals surface area contributed by atoms with Crippen LogP contribution in [0.4, 0.5) is 0 Å². The van der Waals surface area contributed by atoms with Gasteiger partial charge in [0.25, 0.3) is 0 Å². The molecule has 1 aromatic rings. The van der Waals surface area contributed by atoms with E-state index in [1.165, 1.54) is 32.4 Å². The van der Waals surface area contributed by atoms with Crippen LogP contribution in [-0.2, 0) is 38.7 Å². The fourth-order valence-electron chi connectivity index (χ4n) is 3.21. The van der Waals surface area contributed by atoms with Crippen LogP contribution in [0.1, 0.15) is 11.5 Å². The van der Waals surface area contributed by atoms with Crippen molar-refractivity contribution in [1.82, 2.24) is 0 Å². The molecule has 1 saturated heterocycles. The molecule has 0 bridgehead atoms. The first-order chi connectivity index (χ1) is 13.0. The van der Waals surface area contributed by atoms with Crippen molar-refractivity contribution in [3.05, 3.63) is 23.8 Å². The van der Waals surface area contributed by atoms with Crippen molar-refractivity contribution in [2.24, 2.45) is 0 Å². The van der Waals surface area contributed by atoms with E-state index in [0.29, 0.717) is 0 Å². The first kappa shape index (κ1) is 22.0. The Morgan fingerprint density at radius 3 is 1.68 bits per heavy atom. The quantitative estimate of drug-likeness (QED) is 0.564. The van der Waals surface area contributed by atoms with E-state index in [9.17, 15) is 26.4 Å². The van der Waals surface area contributed by atoms with Gasteiger partial charge in [-0.1, -0.05) is 6.07 Å². The Kier molecular flexibility index (Phi) is 6.24. The lowest BCUT2D eigenvalue weighted by atomic mass is 9.91. The van der Waals surface area contributed by atoms with Gasteiger partial charge in [0.05, 0.1) is 28.4 Å². The van der Waals surface area contributed by atoms with E-state index in [1.54, 1.807) is 0 Å². The lowest BCUT2D eigenvalue weighted by Crippen LogP contribution is -2.55. The van der Waals surface area contributed by atoms with Crippen molar-refractivity contribution in [2.75, 3.05) is 33.5 Å². The third kappa shape index (κ3) is 3.78. The van der Waals surface area contributed by atoms with E-state index in [-0.39, 0.29) is 17.1 Å². The van der Waals surface area contributed by atoms with Gasteiger partial charge in [-0.15, -0.1) is 0 Å². The summed E-state index contributed by atoms with van der Waals surface area (Å²) in [5.41, 5.74) is 0.0651.